The van der Waals surface area contributed by atoms with Crippen LogP contribution in [-0.4, -0.2) is 47.6 Å². The van der Waals surface area contributed by atoms with Crippen molar-refractivity contribution in [2.24, 2.45) is 5.41 Å². The van der Waals surface area contributed by atoms with Crippen molar-refractivity contribution in [3.63, 3.8) is 0 Å². The van der Waals surface area contributed by atoms with Crippen LogP contribution in [0.1, 0.15) is 42.7 Å². The van der Waals surface area contributed by atoms with Gasteiger partial charge in [0.25, 0.3) is 5.91 Å². The molecule has 0 radical (unpaired) electrons. The Morgan fingerprint density at radius 3 is 2.86 bits per heavy atom. The standard InChI is InChI=1S/C16H22N2O4/c19-11-16(6-7-16)10-17-14(20)12-4-1-2-8-18(12)15(21)13-5-3-9-22-13/h3,5,9,12,19H,1-2,4,6-8,10-11H2,(H,17,20). The third-order valence-corrected chi connectivity index (χ3v) is 4.73. The molecule has 1 saturated carbocycles. The van der Waals surface area contributed by atoms with Crippen molar-refractivity contribution in [2.75, 3.05) is 19.7 Å². The number of amides is 2. The van der Waals surface area contributed by atoms with Crippen LogP contribution in [0.2, 0.25) is 0 Å². The SMILES string of the molecule is O=C(NCC1(CO)CC1)C1CCCCN1C(=O)c1ccco1. The van der Waals surface area contributed by atoms with Crippen molar-refractivity contribution >= 4 is 11.8 Å². The second-order valence-corrected chi connectivity index (χ2v) is 6.36. The van der Waals surface area contributed by atoms with E-state index in [2.05, 4.69) is 5.32 Å². The van der Waals surface area contributed by atoms with Gasteiger partial charge in [-0.05, 0) is 44.2 Å². The van der Waals surface area contributed by atoms with Crippen LogP contribution in [0.5, 0.6) is 0 Å². The monoisotopic (exact) mass is 306 g/mol. The maximum atomic E-state index is 12.5. The fraction of sp³-hybridized carbons (Fsp3) is 0.625. The summed E-state index contributed by atoms with van der Waals surface area (Å²) in [6, 6.07) is 2.85. The number of piperidine rings is 1. The Labute approximate surface area is 129 Å². The van der Waals surface area contributed by atoms with E-state index in [-0.39, 0.29) is 29.6 Å². The number of nitrogens with one attached hydrogen (secondary N) is 1. The van der Waals surface area contributed by atoms with Gasteiger partial charge >= 0.3 is 0 Å². The molecule has 1 aromatic rings. The lowest BCUT2D eigenvalue weighted by Crippen LogP contribution is -2.52. The highest BCUT2D eigenvalue weighted by molar-refractivity contribution is 5.95. The number of hydrogen-bond acceptors (Lipinski definition) is 4. The van der Waals surface area contributed by atoms with E-state index >= 15 is 0 Å². The average molecular weight is 306 g/mol. The van der Waals surface area contributed by atoms with Gasteiger partial charge in [0.1, 0.15) is 6.04 Å². The summed E-state index contributed by atoms with van der Waals surface area (Å²) in [5.74, 6) is -0.0822. The summed E-state index contributed by atoms with van der Waals surface area (Å²) in [5.41, 5.74) is -0.125. The van der Waals surface area contributed by atoms with Crippen LogP contribution in [-0.2, 0) is 4.79 Å². The van der Waals surface area contributed by atoms with Crippen molar-refractivity contribution in [3.8, 4) is 0 Å². The van der Waals surface area contributed by atoms with Gasteiger partial charge in [-0.2, -0.15) is 0 Å². The molecule has 2 fully saturated rings. The highest BCUT2D eigenvalue weighted by atomic mass is 16.3. The zero-order valence-electron chi connectivity index (χ0n) is 12.6. The van der Waals surface area contributed by atoms with E-state index in [0.29, 0.717) is 19.5 Å². The van der Waals surface area contributed by atoms with E-state index in [9.17, 15) is 14.7 Å². The van der Waals surface area contributed by atoms with Gasteiger partial charge in [-0.15, -0.1) is 0 Å². The fourth-order valence-electron chi connectivity index (χ4n) is 2.95. The maximum absolute atomic E-state index is 12.5. The summed E-state index contributed by atoms with van der Waals surface area (Å²) in [5, 5.41) is 12.2. The van der Waals surface area contributed by atoms with E-state index in [1.54, 1.807) is 17.0 Å². The molecule has 2 aliphatic rings. The molecule has 1 aliphatic heterocycles. The van der Waals surface area contributed by atoms with E-state index in [1.165, 1.54) is 6.26 Å². The quantitative estimate of drug-likeness (QED) is 0.855. The van der Waals surface area contributed by atoms with E-state index in [1.807, 2.05) is 0 Å². The summed E-state index contributed by atoms with van der Waals surface area (Å²) in [6.45, 7) is 1.16. The molecule has 1 aliphatic carbocycles. The van der Waals surface area contributed by atoms with Crippen molar-refractivity contribution < 1.29 is 19.1 Å². The van der Waals surface area contributed by atoms with Crippen LogP contribution < -0.4 is 5.32 Å². The first-order valence-electron chi connectivity index (χ1n) is 7.88. The molecule has 2 N–H and O–H groups in total. The molecule has 0 bridgehead atoms. The van der Waals surface area contributed by atoms with Crippen molar-refractivity contribution in [1.82, 2.24) is 10.2 Å². The highest BCUT2D eigenvalue weighted by Gasteiger charge is 2.43. The lowest BCUT2D eigenvalue weighted by molar-refractivity contribution is -0.127. The molecule has 1 aromatic heterocycles. The first-order chi connectivity index (χ1) is 10.7. The van der Waals surface area contributed by atoms with Crippen molar-refractivity contribution in [1.29, 1.82) is 0 Å². The zero-order chi connectivity index (χ0) is 15.6. The number of carbonyl (C=O) groups excluding carboxylic acids is 2. The molecule has 22 heavy (non-hydrogen) atoms. The van der Waals surface area contributed by atoms with E-state index in [0.717, 1.165) is 25.7 Å². The molecule has 3 rings (SSSR count). The Bertz CT molecular complexity index is 536. The van der Waals surface area contributed by atoms with Crippen LogP contribution in [0.25, 0.3) is 0 Å². The molecule has 6 heteroatoms. The first-order valence-corrected chi connectivity index (χ1v) is 7.88. The van der Waals surface area contributed by atoms with Gasteiger partial charge in [0, 0.05) is 18.5 Å². The Morgan fingerprint density at radius 1 is 1.41 bits per heavy atom. The normalized spacial score (nSPS) is 23.1. The second kappa shape index (κ2) is 6.12. The number of aliphatic hydroxyl groups excluding tert-OH is 1. The predicted octanol–water partition coefficient (Wildman–Crippen LogP) is 1.16. The molecule has 120 valence electrons. The van der Waals surface area contributed by atoms with Gasteiger partial charge in [-0.3, -0.25) is 9.59 Å². The third kappa shape index (κ3) is 3.02. The van der Waals surface area contributed by atoms with Gasteiger partial charge < -0.3 is 19.7 Å². The zero-order valence-corrected chi connectivity index (χ0v) is 12.6. The predicted molar refractivity (Wildman–Crippen MR) is 79.1 cm³/mol. The number of furan rings is 1. The molecule has 1 unspecified atom stereocenters. The molecule has 6 nitrogen and oxygen atoms in total. The molecule has 1 saturated heterocycles. The highest BCUT2D eigenvalue weighted by Crippen LogP contribution is 2.44. The minimum absolute atomic E-state index is 0.104. The summed E-state index contributed by atoms with van der Waals surface area (Å²) >= 11 is 0. The van der Waals surface area contributed by atoms with Gasteiger partial charge in [-0.1, -0.05) is 0 Å². The van der Waals surface area contributed by atoms with E-state index < -0.39 is 6.04 Å². The molecule has 0 aromatic carbocycles. The van der Waals surface area contributed by atoms with Crippen LogP contribution in [0.15, 0.2) is 22.8 Å². The van der Waals surface area contributed by atoms with E-state index in [4.69, 9.17) is 4.42 Å². The van der Waals surface area contributed by atoms with Crippen LogP contribution in [0.3, 0.4) is 0 Å². The largest absolute Gasteiger partial charge is 0.459 e. The number of aliphatic hydroxyl groups is 1. The maximum Gasteiger partial charge on any atom is 0.290 e. The molecular weight excluding hydrogens is 284 g/mol. The second-order valence-electron chi connectivity index (χ2n) is 6.36. The molecule has 0 spiro atoms. The summed E-state index contributed by atoms with van der Waals surface area (Å²) < 4.78 is 5.16. The Balaban J connectivity index is 1.64. The number of carbonyl (C=O) groups is 2. The fourth-order valence-corrected chi connectivity index (χ4v) is 2.95. The van der Waals surface area contributed by atoms with Crippen LogP contribution in [0, 0.1) is 5.41 Å². The lowest BCUT2D eigenvalue weighted by Gasteiger charge is -2.34. The summed E-state index contributed by atoms with van der Waals surface area (Å²) in [4.78, 5) is 26.5. The number of rotatable bonds is 5. The molecular formula is C16H22N2O4. The molecule has 1 atom stereocenters. The van der Waals surface area contributed by atoms with Crippen LogP contribution in [0.4, 0.5) is 0 Å². The smallest absolute Gasteiger partial charge is 0.290 e. The Hall–Kier alpha value is -1.82. The number of nitrogens with zero attached hydrogens (tertiary/aromatic N) is 1. The van der Waals surface area contributed by atoms with Crippen LogP contribution >= 0.6 is 0 Å². The minimum Gasteiger partial charge on any atom is -0.459 e. The molecule has 2 heterocycles. The van der Waals surface area contributed by atoms with Crippen molar-refractivity contribution in [3.05, 3.63) is 24.2 Å². The topological polar surface area (TPSA) is 82.8 Å². The van der Waals surface area contributed by atoms with Gasteiger partial charge in [-0.25, -0.2) is 0 Å². The van der Waals surface area contributed by atoms with Gasteiger partial charge in [0.2, 0.25) is 5.91 Å². The van der Waals surface area contributed by atoms with Gasteiger partial charge in [0.05, 0.1) is 12.9 Å². The molecule has 2 amide bonds. The first kappa shape index (κ1) is 15.1. The minimum atomic E-state index is -0.444. The van der Waals surface area contributed by atoms with Gasteiger partial charge in [0.15, 0.2) is 5.76 Å². The Morgan fingerprint density at radius 2 is 2.23 bits per heavy atom. The summed E-state index contributed by atoms with van der Waals surface area (Å²) in [6.07, 6.45) is 5.86. The number of hydrogen-bond donors (Lipinski definition) is 2. The summed E-state index contributed by atoms with van der Waals surface area (Å²) in [7, 11) is 0. The number of likely N-dealkylation sites (tertiary alicyclic amines) is 1. The Kier molecular flexibility index (Phi) is 4.20. The average Bonchev–Trinajstić information content (AvgIpc) is 3.14. The van der Waals surface area contributed by atoms with Crippen molar-refractivity contribution in [2.45, 2.75) is 38.1 Å². The lowest BCUT2D eigenvalue weighted by atomic mass is 10.0. The third-order valence-electron chi connectivity index (χ3n) is 4.73.